The molecular formula is C23H25N3O2S. The van der Waals surface area contributed by atoms with Gasteiger partial charge >= 0.3 is 0 Å². The van der Waals surface area contributed by atoms with E-state index in [9.17, 15) is 9.59 Å². The highest BCUT2D eigenvalue weighted by Crippen LogP contribution is 2.32. The second-order valence-corrected chi connectivity index (χ2v) is 8.60. The van der Waals surface area contributed by atoms with Crippen LogP contribution < -0.4 is 10.9 Å². The maximum Gasteiger partial charge on any atom is 0.262 e. The molecule has 3 aromatic rings. The fourth-order valence-electron chi connectivity index (χ4n) is 3.59. The molecule has 1 N–H and O–H groups in total. The summed E-state index contributed by atoms with van der Waals surface area (Å²) in [6.45, 7) is 4.05. The molecule has 1 heterocycles. The van der Waals surface area contributed by atoms with E-state index in [1.807, 2.05) is 55.5 Å². The highest BCUT2D eigenvalue weighted by atomic mass is 32.2. The standard InChI is InChI=1S/C23H25N3O2S/c1-15(17-12-13-17)24-21(27)14-29-23-25-20-11-7-6-10-19(20)22(28)26(23)16(2)18-8-4-3-5-9-18/h3-11,15-17H,12-14H2,1-2H3,(H,24,27)/t15-,16-/m0/s1. The number of aromatic nitrogens is 2. The summed E-state index contributed by atoms with van der Waals surface area (Å²) in [4.78, 5) is 30.4. The molecule has 1 fully saturated rings. The minimum absolute atomic E-state index is 0.0179. The molecule has 0 radical (unpaired) electrons. The first-order valence-electron chi connectivity index (χ1n) is 10.0. The van der Waals surface area contributed by atoms with E-state index in [-0.39, 0.29) is 29.3 Å². The van der Waals surface area contributed by atoms with Crippen LogP contribution in [0.15, 0.2) is 64.5 Å². The molecule has 1 amide bonds. The fraction of sp³-hybridized carbons (Fsp3) is 0.348. The number of nitrogens with one attached hydrogen (secondary N) is 1. The topological polar surface area (TPSA) is 64.0 Å². The molecule has 29 heavy (non-hydrogen) atoms. The average molecular weight is 408 g/mol. The van der Waals surface area contributed by atoms with Crippen molar-refractivity contribution in [2.45, 2.75) is 43.9 Å². The molecule has 0 saturated heterocycles. The van der Waals surface area contributed by atoms with Crippen LogP contribution in [0.4, 0.5) is 0 Å². The van der Waals surface area contributed by atoms with Crippen molar-refractivity contribution >= 4 is 28.6 Å². The van der Waals surface area contributed by atoms with Crippen LogP contribution in [0.1, 0.15) is 38.3 Å². The van der Waals surface area contributed by atoms with Crippen LogP contribution >= 0.6 is 11.8 Å². The van der Waals surface area contributed by atoms with Crippen LogP contribution in [-0.4, -0.2) is 27.3 Å². The Balaban J connectivity index is 1.65. The molecule has 0 aliphatic heterocycles. The van der Waals surface area contributed by atoms with E-state index in [0.717, 1.165) is 5.56 Å². The number of carbonyl (C=O) groups is 1. The Bertz CT molecular complexity index is 1080. The van der Waals surface area contributed by atoms with Gasteiger partial charge in [-0.1, -0.05) is 54.2 Å². The third-order valence-corrected chi connectivity index (χ3v) is 6.45. The number of hydrogen-bond donors (Lipinski definition) is 1. The molecule has 150 valence electrons. The van der Waals surface area contributed by atoms with Gasteiger partial charge in [0.2, 0.25) is 5.91 Å². The lowest BCUT2D eigenvalue weighted by atomic mass is 10.1. The van der Waals surface area contributed by atoms with Gasteiger partial charge in [0, 0.05) is 6.04 Å². The molecular weight excluding hydrogens is 382 g/mol. The molecule has 2 atom stereocenters. The maximum atomic E-state index is 13.3. The quantitative estimate of drug-likeness (QED) is 0.475. The van der Waals surface area contributed by atoms with Gasteiger partial charge in [-0.25, -0.2) is 4.98 Å². The molecule has 1 aromatic heterocycles. The lowest BCUT2D eigenvalue weighted by Crippen LogP contribution is -2.35. The number of benzene rings is 2. The van der Waals surface area contributed by atoms with E-state index >= 15 is 0 Å². The van der Waals surface area contributed by atoms with Crippen LogP contribution in [0.2, 0.25) is 0 Å². The van der Waals surface area contributed by atoms with Gasteiger partial charge in [-0.3, -0.25) is 14.2 Å². The second-order valence-electron chi connectivity index (χ2n) is 7.66. The smallest absolute Gasteiger partial charge is 0.262 e. The van der Waals surface area contributed by atoms with E-state index < -0.39 is 0 Å². The monoisotopic (exact) mass is 407 g/mol. The molecule has 0 spiro atoms. The molecule has 5 nitrogen and oxygen atoms in total. The summed E-state index contributed by atoms with van der Waals surface area (Å²) in [5.74, 6) is 0.832. The van der Waals surface area contributed by atoms with Gasteiger partial charge in [0.05, 0.1) is 22.7 Å². The van der Waals surface area contributed by atoms with Gasteiger partial charge in [-0.05, 0) is 50.3 Å². The first-order valence-corrected chi connectivity index (χ1v) is 11.0. The van der Waals surface area contributed by atoms with Gasteiger partial charge in [0.1, 0.15) is 0 Å². The lowest BCUT2D eigenvalue weighted by molar-refractivity contribution is -0.119. The fourth-order valence-corrected chi connectivity index (χ4v) is 4.48. The first-order chi connectivity index (χ1) is 14.0. The van der Waals surface area contributed by atoms with Gasteiger partial charge in [0.25, 0.3) is 5.56 Å². The van der Waals surface area contributed by atoms with Crippen molar-refractivity contribution in [3.05, 3.63) is 70.5 Å². The van der Waals surface area contributed by atoms with Gasteiger partial charge in [-0.2, -0.15) is 0 Å². The number of thioether (sulfide) groups is 1. The van der Waals surface area contributed by atoms with E-state index in [2.05, 4.69) is 12.2 Å². The predicted molar refractivity (Wildman–Crippen MR) is 117 cm³/mol. The Hall–Kier alpha value is -2.60. The number of amides is 1. The van der Waals surface area contributed by atoms with E-state index in [1.165, 1.54) is 24.6 Å². The summed E-state index contributed by atoms with van der Waals surface area (Å²) in [5, 5.41) is 4.23. The lowest BCUT2D eigenvalue weighted by Gasteiger charge is -2.20. The SMILES string of the molecule is C[C@H](NC(=O)CSc1nc2ccccc2c(=O)n1[C@@H](C)c1ccccc1)C1CC1. The van der Waals surface area contributed by atoms with E-state index in [4.69, 9.17) is 4.98 Å². The molecule has 6 heteroatoms. The van der Waals surface area contributed by atoms with Crippen molar-refractivity contribution in [1.82, 2.24) is 14.9 Å². The van der Waals surface area contributed by atoms with Crippen molar-refractivity contribution in [2.24, 2.45) is 5.92 Å². The van der Waals surface area contributed by atoms with Crippen molar-refractivity contribution in [3.63, 3.8) is 0 Å². The van der Waals surface area contributed by atoms with Gasteiger partial charge < -0.3 is 5.32 Å². The van der Waals surface area contributed by atoms with E-state index in [0.29, 0.717) is 22.0 Å². The van der Waals surface area contributed by atoms with Gasteiger partial charge in [-0.15, -0.1) is 0 Å². The summed E-state index contributed by atoms with van der Waals surface area (Å²) in [6.07, 6.45) is 2.38. The normalized spacial score (nSPS) is 15.8. The summed E-state index contributed by atoms with van der Waals surface area (Å²) in [5.41, 5.74) is 1.60. The number of fused-ring (bicyclic) bond motifs is 1. The average Bonchev–Trinajstić information content (AvgIpc) is 3.58. The highest BCUT2D eigenvalue weighted by molar-refractivity contribution is 7.99. The van der Waals surface area contributed by atoms with Crippen molar-refractivity contribution in [2.75, 3.05) is 5.75 Å². The largest absolute Gasteiger partial charge is 0.353 e. The number of rotatable bonds is 7. The zero-order valence-electron chi connectivity index (χ0n) is 16.7. The summed E-state index contributed by atoms with van der Waals surface area (Å²) in [7, 11) is 0. The second kappa shape index (κ2) is 8.41. The summed E-state index contributed by atoms with van der Waals surface area (Å²) >= 11 is 1.32. The molecule has 0 bridgehead atoms. The predicted octanol–water partition coefficient (Wildman–Crippen LogP) is 4.01. The molecule has 1 aliphatic rings. The van der Waals surface area contributed by atoms with Gasteiger partial charge in [0.15, 0.2) is 5.16 Å². The van der Waals surface area contributed by atoms with Crippen molar-refractivity contribution in [1.29, 1.82) is 0 Å². The van der Waals surface area contributed by atoms with E-state index in [1.54, 1.807) is 10.6 Å². The first kappa shape index (κ1) is 19.7. The van der Waals surface area contributed by atoms with Crippen molar-refractivity contribution < 1.29 is 4.79 Å². The Labute approximate surface area is 174 Å². The Kier molecular flexibility index (Phi) is 5.72. The number of hydrogen-bond acceptors (Lipinski definition) is 4. The minimum atomic E-state index is -0.184. The highest BCUT2D eigenvalue weighted by Gasteiger charge is 2.29. The molecule has 0 unspecified atom stereocenters. The third kappa shape index (κ3) is 4.37. The number of para-hydroxylation sites is 1. The number of carbonyl (C=O) groups excluding carboxylic acids is 1. The van der Waals surface area contributed by atoms with Crippen molar-refractivity contribution in [3.8, 4) is 0 Å². The molecule has 2 aromatic carbocycles. The van der Waals surface area contributed by atoms with Crippen LogP contribution in [0.3, 0.4) is 0 Å². The zero-order chi connectivity index (χ0) is 20.4. The Morgan fingerprint density at radius 3 is 2.55 bits per heavy atom. The summed E-state index contributed by atoms with van der Waals surface area (Å²) in [6, 6.07) is 17.3. The number of nitrogens with zero attached hydrogens (tertiary/aromatic N) is 2. The van der Waals surface area contributed by atoms with Crippen LogP contribution in [0.25, 0.3) is 10.9 Å². The van der Waals surface area contributed by atoms with Crippen LogP contribution in [-0.2, 0) is 4.79 Å². The molecule has 4 rings (SSSR count). The third-order valence-electron chi connectivity index (χ3n) is 5.49. The molecule has 1 saturated carbocycles. The summed E-state index contributed by atoms with van der Waals surface area (Å²) < 4.78 is 1.71. The Morgan fingerprint density at radius 1 is 1.14 bits per heavy atom. The molecule has 1 aliphatic carbocycles. The van der Waals surface area contributed by atoms with Crippen LogP contribution in [0.5, 0.6) is 0 Å². The maximum absolute atomic E-state index is 13.3. The Morgan fingerprint density at radius 2 is 1.83 bits per heavy atom. The minimum Gasteiger partial charge on any atom is -0.353 e. The van der Waals surface area contributed by atoms with Crippen LogP contribution in [0, 0.1) is 5.92 Å². The zero-order valence-corrected chi connectivity index (χ0v) is 17.5.